The Bertz CT molecular complexity index is 1210. The number of nitrogens with one attached hydrogen (secondary N) is 3. The van der Waals surface area contributed by atoms with Gasteiger partial charge < -0.3 is 29.4 Å². The lowest BCUT2D eigenvalue weighted by Gasteiger charge is -2.26. The van der Waals surface area contributed by atoms with Crippen molar-refractivity contribution in [2.45, 2.75) is 19.9 Å². The second-order valence-electron chi connectivity index (χ2n) is 7.91. The predicted octanol–water partition coefficient (Wildman–Crippen LogP) is 2.08. The van der Waals surface area contributed by atoms with Crippen LogP contribution in [0.15, 0.2) is 30.3 Å². The molecule has 3 N–H and O–H groups in total. The second-order valence-corrected chi connectivity index (χ2v) is 7.91. The molecule has 0 saturated heterocycles. The number of rotatable bonds is 7. The molecule has 2 heterocycles. The van der Waals surface area contributed by atoms with Crippen LogP contribution in [0.1, 0.15) is 28.5 Å². The molecule has 0 spiro atoms. The van der Waals surface area contributed by atoms with Gasteiger partial charge in [-0.3, -0.25) is 4.79 Å². The zero-order chi connectivity index (χ0) is 23.5. The van der Waals surface area contributed by atoms with Crippen molar-refractivity contribution in [3.63, 3.8) is 0 Å². The van der Waals surface area contributed by atoms with E-state index in [2.05, 4.69) is 10.3 Å². The number of ether oxygens (including phenoxy) is 3. The van der Waals surface area contributed by atoms with E-state index in [0.29, 0.717) is 28.9 Å². The van der Waals surface area contributed by atoms with E-state index in [0.717, 1.165) is 23.4 Å². The average molecular weight is 456 g/mol. The fourth-order valence-corrected chi connectivity index (χ4v) is 4.24. The van der Waals surface area contributed by atoms with Crippen molar-refractivity contribution in [3.8, 4) is 11.5 Å². The number of anilines is 1. The van der Waals surface area contributed by atoms with Crippen molar-refractivity contribution >= 4 is 28.5 Å². The number of hydrogen-bond donors (Lipinski definition) is 3. The second kappa shape index (κ2) is 9.50. The van der Waals surface area contributed by atoms with Gasteiger partial charge in [-0.25, -0.2) is 9.18 Å². The summed E-state index contributed by atoms with van der Waals surface area (Å²) in [5.41, 5.74) is 3.14. The van der Waals surface area contributed by atoms with Gasteiger partial charge in [0.1, 0.15) is 18.1 Å². The highest BCUT2D eigenvalue weighted by Gasteiger charge is 2.26. The summed E-state index contributed by atoms with van der Waals surface area (Å²) in [5, 5.41) is 3.23. The number of aromatic amines is 1. The molecule has 0 saturated carbocycles. The van der Waals surface area contributed by atoms with Gasteiger partial charge in [-0.05, 0) is 42.8 Å². The van der Waals surface area contributed by atoms with Crippen LogP contribution in [0, 0.1) is 5.82 Å². The molecule has 8 nitrogen and oxygen atoms in total. The van der Waals surface area contributed by atoms with E-state index >= 15 is 0 Å². The molecule has 1 unspecified atom stereocenters. The Morgan fingerprint density at radius 3 is 2.55 bits per heavy atom. The molecule has 9 heteroatoms. The van der Waals surface area contributed by atoms with Gasteiger partial charge in [0.15, 0.2) is 18.0 Å². The normalized spacial score (nSPS) is 15.1. The van der Waals surface area contributed by atoms with Crippen LogP contribution in [0.4, 0.5) is 10.1 Å². The minimum Gasteiger partial charge on any atom is -0.493 e. The third-order valence-corrected chi connectivity index (χ3v) is 5.81. The fraction of sp³-hybridized carbons (Fsp3) is 0.333. The first-order valence-corrected chi connectivity index (χ1v) is 10.8. The van der Waals surface area contributed by atoms with Crippen molar-refractivity contribution in [3.05, 3.63) is 53.0 Å². The smallest absolute Gasteiger partial charge is 0.356 e. The average Bonchev–Trinajstić information content (AvgIpc) is 3.15. The molecule has 3 aromatic rings. The summed E-state index contributed by atoms with van der Waals surface area (Å²) in [5.74, 6) is 0.00161. The van der Waals surface area contributed by atoms with E-state index in [1.165, 1.54) is 23.8 Å². The van der Waals surface area contributed by atoms with E-state index in [4.69, 9.17) is 14.2 Å². The number of H-pyrrole nitrogens is 1. The first-order chi connectivity index (χ1) is 15.9. The summed E-state index contributed by atoms with van der Waals surface area (Å²) in [6, 6.07) is 8.03. The first kappa shape index (κ1) is 22.6. The molecule has 0 radical (unpaired) electrons. The van der Waals surface area contributed by atoms with Crippen molar-refractivity contribution < 1.29 is 33.1 Å². The third-order valence-electron chi connectivity index (χ3n) is 5.81. The summed E-state index contributed by atoms with van der Waals surface area (Å²) < 4.78 is 29.8. The van der Waals surface area contributed by atoms with Gasteiger partial charge in [0.2, 0.25) is 0 Å². The SMILES string of the molecule is CCOC(=O)c1[nH]c2ccc(F)cc2c1NC(=O)C[NH+]1CCc2cc(OC)c(OC)cc2C1. The Morgan fingerprint density at radius 2 is 1.85 bits per heavy atom. The highest BCUT2D eigenvalue weighted by atomic mass is 19.1. The van der Waals surface area contributed by atoms with Gasteiger partial charge in [0, 0.05) is 22.9 Å². The number of aromatic nitrogens is 1. The van der Waals surface area contributed by atoms with Gasteiger partial charge in [0.25, 0.3) is 5.91 Å². The lowest BCUT2D eigenvalue weighted by atomic mass is 9.99. The van der Waals surface area contributed by atoms with Crippen molar-refractivity contribution in [1.29, 1.82) is 0 Å². The van der Waals surface area contributed by atoms with Crippen molar-refractivity contribution in [2.75, 3.05) is 39.2 Å². The van der Waals surface area contributed by atoms with Crippen LogP contribution >= 0.6 is 0 Å². The highest BCUT2D eigenvalue weighted by molar-refractivity contribution is 6.11. The third kappa shape index (κ3) is 4.63. The van der Waals surface area contributed by atoms with E-state index in [1.54, 1.807) is 21.1 Å². The molecule has 1 aliphatic rings. The molecule has 1 atom stereocenters. The number of benzene rings is 2. The van der Waals surface area contributed by atoms with Crippen LogP contribution in [-0.2, 0) is 22.5 Å². The molecule has 0 aliphatic carbocycles. The minimum atomic E-state index is -0.607. The quantitative estimate of drug-likeness (QED) is 0.474. The van der Waals surface area contributed by atoms with Crippen LogP contribution in [0.25, 0.3) is 10.9 Å². The number of esters is 1. The van der Waals surface area contributed by atoms with E-state index in [9.17, 15) is 14.0 Å². The van der Waals surface area contributed by atoms with E-state index < -0.39 is 11.8 Å². The molecule has 1 aromatic heterocycles. The van der Waals surface area contributed by atoms with Crippen LogP contribution in [-0.4, -0.2) is 50.8 Å². The maximum absolute atomic E-state index is 13.9. The number of quaternary nitrogens is 1. The van der Waals surface area contributed by atoms with Gasteiger partial charge in [-0.15, -0.1) is 0 Å². The number of hydrogen-bond acceptors (Lipinski definition) is 5. The molecular formula is C24H27FN3O5+. The molecule has 1 amide bonds. The zero-order valence-corrected chi connectivity index (χ0v) is 18.8. The molecule has 2 aromatic carbocycles. The highest BCUT2D eigenvalue weighted by Crippen LogP contribution is 2.31. The van der Waals surface area contributed by atoms with Crippen molar-refractivity contribution in [2.24, 2.45) is 0 Å². The Labute approximate surface area is 190 Å². The molecular weight excluding hydrogens is 429 g/mol. The van der Waals surface area contributed by atoms with Crippen LogP contribution < -0.4 is 19.7 Å². The Hall–Kier alpha value is -3.59. The molecule has 4 rings (SSSR count). The van der Waals surface area contributed by atoms with Crippen molar-refractivity contribution in [1.82, 2.24) is 4.98 Å². The number of carbonyl (C=O) groups excluding carboxylic acids is 2. The maximum Gasteiger partial charge on any atom is 0.356 e. The molecule has 0 bridgehead atoms. The van der Waals surface area contributed by atoms with Crippen LogP contribution in [0.2, 0.25) is 0 Å². The first-order valence-electron chi connectivity index (χ1n) is 10.8. The number of halogens is 1. The summed E-state index contributed by atoms with van der Waals surface area (Å²) >= 11 is 0. The molecule has 0 fully saturated rings. The summed E-state index contributed by atoms with van der Waals surface area (Å²) in [7, 11) is 3.20. The Kier molecular flexibility index (Phi) is 6.50. The summed E-state index contributed by atoms with van der Waals surface area (Å²) in [6.45, 7) is 3.49. The number of fused-ring (bicyclic) bond motifs is 2. The topological polar surface area (TPSA) is 94.1 Å². The van der Waals surface area contributed by atoms with Crippen LogP contribution in [0.3, 0.4) is 0 Å². The lowest BCUT2D eigenvalue weighted by Crippen LogP contribution is -3.12. The monoisotopic (exact) mass is 456 g/mol. The largest absolute Gasteiger partial charge is 0.493 e. The fourth-order valence-electron chi connectivity index (χ4n) is 4.24. The van der Waals surface area contributed by atoms with E-state index in [-0.39, 0.29) is 30.4 Å². The van der Waals surface area contributed by atoms with Gasteiger partial charge >= 0.3 is 5.97 Å². The Morgan fingerprint density at radius 1 is 1.12 bits per heavy atom. The minimum absolute atomic E-state index is 0.0987. The standard InChI is InChI=1S/C24H26FN3O5/c1-4-33-24(30)23-22(17-11-16(25)5-6-18(17)26-23)27-21(29)13-28-8-7-14-9-19(31-2)20(32-3)10-15(14)12-28/h5-6,9-11,26H,4,7-8,12-13H2,1-3H3,(H,27,29)/p+1. The molecule has 1 aliphatic heterocycles. The molecule has 174 valence electrons. The number of amides is 1. The zero-order valence-electron chi connectivity index (χ0n) is 18.8. The number of carbonyl (C=O) groups is 2. The lowest BCUT2D eigenvalue weighted by molar-refractivity contribution is -0.907. The molecule has 33 heavy (non-hydrogen) atoms. The van der Waals surface area contributed by atoms with Crippen LogP contribution in [0.5, 0.6) is 11.5 Å². The number of methoxy groups -OCH3 is 2. The van der Waals surface area contributed by atoms with Gasteiger partial charge in [-0.1, -0.05) is 0 Å². The van der Waals surface area contributed by atoms with Gasteiger partial charge in [0.05, 0.1) is 33.1 Å². The Balaban J connectivity index is 1.53. The summed E-state index contributed by atoms with van der Waals surface area (Å²) in [6.07, 6.45) is 0.796. The van der Waals surface area contributed by atoms with Gasteiger partial charge in [-0.2, -0.15) is 0 Å². The van der Waals surface area contributed by atoms with E-state index in [1.807, 2.05) is 12.1 Å². The maximum atomic E-state index is 13.9. The predicted molar refractivity (Wildman–Crippen MR) is 120 cm³/mol. The summed E-state index contributed by atoms with van der Waals surface area (Å²) in [4.78, 5) is 29.4.